The maximum atomic E-state index is 6.12. The highest BCUT2D eigenvalue weighted by Crippen LogP contribution is 2.27. The standard InChI is InChI=1S/C12H13BrN2OS/c1-16-11-3-2-8(4-9(11)13)5-10(14)12-6-15-7-17-12/h2-4,6-7,10H,5,14H2,1H3. The Labute approximate surface area is 113 Å². The Hall–Kier alpha value is -0.910. The van der Waals surface area contributed by atoms with Crippen molar-refractivity contribution in [3.8, 4) is 5.75 Å². The average Bonchev–Trinajstić information content (AvgIpc) is 2.82. The lowest BCUT2D eigenvalue weighted by Crippen LogP contribution is -2.11. The number of benzene rings is 1. The molecule has 5 heteroatoms. The third-order valence-electron chi connectivity index (χ3n) is 2.49. The molecule has 1 aromatic carbocycles. The van der Waals surface area contributed by atoms with Gasteiger partial charge in [-0.05, 0) is 40.0 Å². The number of hydrogen-bond donors (Lipinski definition) is 1. The lowest BCUT2D eigenvalue weighted by Gasteiger charge is -2.10. The fourth-order valence-electron chi connectivity index (χ4n) is 1.60. The van der Waals surface area contributed by atoms with E-state index < -0.39 is 0 Å². The van der Waals surface area contributed by atoms with Crippen LogP contribution in [-0.2, 0) is 6.42 Å². The zero-order valence-electron chi connectivity index (χ0n) is 9.39. The van der Waals surface area contributed by atoms with E-state index in [0.29, 0.717) is 0 Å². The fourth-order valence-corrected chi connectivity index (χ4v) is 2.81. The van der Waals surface area contributed by atoms with Crippen molar-refractivity contribution in [2.75, 3.05) is 7.11 Å². The second-order valence-electron chi connectivity index (χ2n) is 3.68. The van der Waals surface area contributed by atoms with Crippen molar-refractivity contribution in [3.05, 3.63) is 44.8 Å². The Morgan fingerprint density at radius 3 is 2.94 bits per heavy atom. The molecule has 0 fully saturated rings. The van der Waals surface area contributed by atoms with E-state index in [2.05, 4.69) is 20.9 Å². The van der Waals surface area contributed by atoms with Crippen molar-refractivity contribution in [2.24, 2.45) is 5.73 Å². The maximum Gasteiger partial charge on any atom is 0.133 e. The minimum Gasteiger partial charge on any atom is -0.496 e. The highest BCUT2D eigenvalue weighted by atomic mass is 79.9. The molecule has 90 valence electrons. The van der Waals surface area contributed by atoms with Crippen LogP contribution in [0.15, 0.2) is 34.4 Å². The Bertz CT molecular complexity index is 487. The minimum absolute atomic E-state index is 0.00259. The summed E-state index contributed by atoms with van der Waals surface area (Å²) in [4.78, 5) is 5.15. The Morgan fingerprint density at radius 1 is 1.53 bits per heavy atom. The van der Waals surface area contributed by atoms with Gasteiger partial charge in [0.05, 0.1) is 17.1 Å². The summed E-state index contributed by atoms with van der Waals surface area (Å²) in [5.74, 6) is 0.833. The molecular formula is C12H13BrN2OS. The van der Waals surface area contributed by atoms with Gasteiger partial charge in [-0.25, -0.2) is 0 Å². The lowest BCUT2D eigenvalue weighted by molar-refractivity contribution is 0.412. The van der Waals surface area contributed by atoms with E-state index in [4.69, 9.17) is 10.5 Å². The van der Waals surface area contributed by atoms with E-state index in [1.54, 1.807) is 24.0 Å². The van der Waals surface area contributed by atoms with E-state index in [0.717, 1.165) is 21.5 Å². The van der Waals surface area contributed by atoms with Crippen molar-refractivity contribution in [1.29, 1.82) is 0 Å². The van der Waals surface area contributed by atoms with Crippen molar-refractivity contribution in [1.82, 2.24) is 4.98 Å². The highest BCUT2D eigenvalue weighted by Gasteiger charge is 2.10. The van der Waals surface area contributed by atoms with Gasteiger partial charge in [-0.15, -0.1) is 11.3 Å². The number of halogens is 1. The normalized spacial score (nSPS) is 12.4. The first-order valence-electron chi connectivity index (χ1n) is 5.17. The van der Waals surface area contributed by atoms with Crippen LogP contribution in [0.2, 0.25) is 0 Å². The third kappa shape index (κ3) is 3.06. The van der Waals surface area contributed by atoms with E-state index in [1.807, 2.05) is 24.4 Å². The molecule has 0 aliphatic carbocycles. The van der Waals surface area contributed by atoms with Gasteiger partial charge in [-0.2, -0.15) is 0 Å². The van der Waals surface area contributed by atoms with E-state index >= 15 is 0 Å². The molecule has 2 aromatic rings. The lowest BCUT2D eigenvalue weighted by atomic mass is 10.1. The van der Waals surface area contributed by atoms with Crippen LogP contribution in [0.5, 0.6) is 5.75 Å². The summed E-state index contributed by atoms with van der Waals surface area (Å²) < 4.78 is 6.14. The zero-order chi connectivity index (χ0) is 12.3. The number of ether oxygens (including phenoxy) is 1. The number of hydrogen-bond acceptors (Lipinski definition) is 4. The Kier molecular flexibility index (Phi) is 4.15. The first-order valence-corrected chi connectivity index (χ1v) is 6.84. The van der Waals surface area contributed by atoms with Gasteiger partial charge in [0.1, 0.15) is 5.75 Å². The number of thiazole rings is 1. The van der Waals surface area contributed by atoms with Crippen LogP contribution in [0.25, 0.3) is 0 Å². The highest BCUT2D eigenvalue weighted by molar-refractivity contribution is 9.10. The molecule has 0 spiro atoms. The molecular weight excluding hydrogens is 300 g/mol. The van der Waals surface area contributed by atoms with Crippen LogP contribution >= 0.6 is 27.3 Å². The summed E-state index contributed by atoms with van der Waals surface area (Å²) in [5, 5.41) is 0. The summed E-state index contributed by atoms with van der Waals surface area (Å²) in [6.07, 6.45) is 2.62. The summed E-state index contributed by atoms with van der Waals surface area (Å²) in [5.41, 5.74) is 9.10. The fraction of sp³-hybridized carbons (Fsp3) is 0.250. The van der Waals surface area contributed by atoms with Gasteiger partial charge in [-0.1, -0.05) is 6.07 Å². The van der Waals surface area contributed by atoms with Gasteiger partial charge in [0.25, 0.3) is 0 Å². The predicted molar refractivity (Wildman–Crippen MR) is 73.4 cm³/mol. The molecule has 1 heterocycles. The van der Waals surface area contributed by atoms with E-state index in [9.17, 15) is 0 Å². The van der Waals surface area contributed by atoms with Crippen molar-refractivity contribution >= 4 is 27.3 Å². The van der Waals surface area contributed by atoms with Crippen molar-refractivity contribution in [3.63, 3.8) is 0 Å². The molecule has 0 saturated heterocycles. The molecule has 0 radical (unpaired) electrons. The van der Waals surface area contributed by atoms with Crippen LogP contribution < -0.4 is 10.5 Å². The molecule has 0 aliphatic rings. The smallest absolute Gasteiger partial charge is 0.133 e. The molecule has 0 saturated carbocycles. The SMILES string of the molecule is COc1ccc(CC(N)c2cncs2)cc1Br. The molecule has 0 amide bonds. The predicted octanol–water partition coefficient (Wildman–Crippen LogP) is 3.16. The maximum absolute atomic E-state index is 6.12. The second kappa shape index (κ2) is 5.62. The Balaban J connectivity index is 2.11. The molecule has 2 rings (SSSR count). The summed E-state index contributed by atoms with van der Waals surface area (Å²) >= 11 is 5.06. The van der Waals surface area contributed by atoms with Gasteiger partial charge in [0.2, 0.25) is 0 Å². The van der Waals surface area contributed by atoms with Gasteiger partial charge < -0.3 is 10.5 Å². The van der Waals surface area contributed by atoms with Gasteiger partial charge in [0, 0.05) is 17.1 Å². The molecule has 1 unspecified atom stereocenters. The van der Waals surface area contributed by atoms with Gasteiger partial charge >= 0.3 is 0 Å². The summed E-state index contributed by atoms with van der Waals surface area (Å²) in [7, 11) is 1.66. The van der Waals surface area contributed by atoms with Crippen LogP contribution in [0.4, 0.5) is 0 Å². The quantitative estimate of drug-likeness (QED) is 0.943. The van der Waals surface area contributed by atoms with Gasteiger partial charge in [-0.3, -0.25) is 4.98 Å². The number of nitrogens with zero attached hydrogens (tertiary/aromatic N) is 1. The largest absolute Gasteiger partial charge is 0.496 e. The number of aromatic nitrogens is 1. The number of methoxy groups -OCH3 is 1. The third-order valence-corrected chi connectivity index (χ3v) is 4.02. The molecule has 1 atom stereocenters. The molecule has 17 heavy (non-hydrogen) atoms. The number of nitrogens with two attached hydrogens (primary N) is 1. The molecule has 1 aromatic heterocycles. The van der Waals surface area contributed by atoms with E-state index in [-0.39, 0.29) is 6.04 Å². The van der Waals surface area contributed by atoms with Crippen LogP contribution in [0, 0.1) is 0 Å². The van der Waals surface area contributed by atoms with Crippen LogP contribution in [0.1, 0.15) is 16.5 Å². The summed E-state index contributed by atoms with van der Waals surface area (Å²) in [6, 6.07) is 6.02. The zero-order valence-corrected chi connectivity index (χ0v) is 11.8. The summed E-state index contributed by atoms with van der Waals surface area (Å²) in [6.45, 7) is 0. The first-order chi connectivity index (χ1) is 8.20. The molecule has 0 aliphatic heterocycles. The molecule has 2 N–H and O–H groups in total. The first kappa shape index (κ1) is 12.5. The minimum atomic E-state index is 0.00259. The molecule has 3 nitrogen and oxygen atoms in total. The van der Waals surface area contributed by atoms with Crippen molar-refractivity contribution < 1.29 is 4.74 Å². The van der Waals surface area contributed by atoms with Crippen LogP contribution in [0.3, 0.4) is 0 Å². The number of rotatable bonds is 4. The molecule has 0 bridgehead atoms. The van der Waals surface area contributed by atoms with E-state index in [1.165, 1.54) is 5.56 Å². The average molecular weight is 313 g/mol. The topological polar surface area (TPSA) is 48.1 Å². The van der Waals surface area contributed by atoms with Gasteiger partial charge in [0.15, 0.2) is 0 Å². The monoisotopic (exact) mass is 312 g/mol. The van der Waals surface area contributed by atoms with Crippen LogP contribution in [-0.4, -0.2) is 12.1 Å². The Morgan fingerprint density at radius 2 is 2.35 bits per heavy atom. The second-order valence-corrected chi connectivity index (χ2v) is 5.46. The van der Waals surface area contributed by atoms with Crippen molar-refractivity contribution in [2.45, 2.75) is 12.5 Å².